The number of aromatic amines is 1. The molecule has 30 heavy (non-hydrogen) atoms. The van der Waals surface area contributed by atoms with Crippen LogP contribution in [0.3, 0.4) is 0 Å². The lowest BCUT2D eigenvalue weighted by molar-refractivity contribution is 0.399. The van der Waals surface area contributed by atoms with Gasteiger partial charge in [-0.15, -0.1) is 0 Å². The van der Waals surface area contributed by atoms with Crippen LogP contribution in [0.5, 0.6) is 0 Å². The Kier molecular flexibility index (Phi) is 6.69. The van der Waals surface area contributed by atoms with Gasteiger partial charge in [-0.2, -0.15) is 4.31 Å². The van der Waals surface area contributed by atoms with Crippen molar-refractivity contribution < 1.29 is 8.42 Å². The number of nitrogens with one attached hydrogen (secondary N) is 1. The molecule has 0 bridgehead atoms. The Balaban J connectivity index is 1.83. The zero-order valence-electron chi connectivity index (χ0n) is 17.1. The number of rotatable bonds is 8. The lowest BCUT2D eigenvalue weighted by atomic mass is 10.1. The summed E-state index contributed by atoms with van der Waals surface area (Å²) < 4.78 is 28.1. The summed E-state index contributed by atoms with van der Waals surface area (Å²) >= 11 is 0. The summed E-state index contributed by atoms with van der Waals surface area (Å²) in [5, 5.41) is 0. The smallest absolute Gasteiger partial charge is 0.255 e. The average molecular weight is 427 g/mol. The fourth-order valence-electron chi connectivity index (χ4n) is 3.29. The van der Waals surface area contributed by atoms with Gasteiger partial charge in [0.25, 0.3) is 5.56 Å². The Bertz CT molecular complexity index is 1160. The maximum Gasteiger partial charge on any atom is 0.255 e. The lowest BCUT2D eigenvalue weighted by Crippen LogP contribution is -2.32. The highest BCUT2D eigenvalue weighted by molar-refractivity contribution is 7.89. The number of aromatic nitrogens is 2. The molecule has 0 aliphatic rings. The summed E-state index contributed by atoms with van der Waals surface area (Å²) in [7, 11) is -3.69. The molecule has 2 aromatic carbocycles. The Morgan fingerprint density at radius 2 is 1.70 bits per heavy atom. The Labute approximate surface area is 176 Å². The third kappa shape index (κ3) is 5.14. The number of sulfonamides is 1. The molecule has 3 N–H and O–H groups in total. The minimum Gasteiger partial charge on any atom is -0.369 e. The van der Waals surface area contributed by atoms with Crippen LogP contribution in [0.25, 0.3) is 0 Å². The van der Waals surface area contributed by atoms with Gasteiger partial charge in [0.05, 0.1) is 4.90 Å². The molecule has 8 heteroatoms. The number of aryl methyl sites for hydroxylation is 2. The van der Waals surface area contributed by atoms with Gasteiger partial charge >= 0.3 is 0 Å². The lowest BCUT2D eigenvalue weighted by Gasteiger charge is -2.22. The summed E-state index contributed by atoms with van der Waals surface area (Å²) in [6.45, 7) is 4.17. The summed E-state index contributed by atoms with van der Waals surface area (Å²) in [6, 6.07) is 16.3. The van der Waals surface area contributed by atoms with Gasteiger partial charge in [0.15, 0.2) is 0 Å². The van der Waals surface area contributed by atoms with Crippen molar-refractivity contribution in [2.45, 2.75) is 38.1 Å². The quantitative estimate of drug-likeness (QED) is 0.576. The molecule has 1 heterocycles. The number of anilines is 1. The normalized spacial score (nSPS) is 11.7. The van der Waals surface area contributed by atoms with E-state index in [-0.39, 0.29) is 29.5 Å². The van der Waals surface area contributed by atoms with Crippen LogP contribution in [0, 0.1) is 13.8 Å². The summed E-state index contributed by atoms with van der Waals surface area (Å²) in [4.78, 5) is 19.0. The van der Waals surface area contributed by atoms with Crippen LogP contribution in [0.2, 0.25) is 0 Å². The minimum absolute atomic E-state index is 0.0777. The zero-order valence-corrected chi connectivity index (χ0v) is 17.9. The Morgan fingerprint density at radius 1 is 1.03 bits per heavy atom. The first-order valence-electron chi connectivity index (χ1n) is 9.73. The van der Waals surface area contributed by atoms with Crippen LogP contribution >= 0.6 is 0 Å². The molecule has 1 aromatic heterocycles. The van der Waals surface area contributed by atoms with Gasteiger partial charge in [-0.3, -0.25) is 9.78 Å². The molecule has 0 aliphatic carbocycles. The molecule has 3 rings (SSSR count). The van der Waals surface area contributed by atoms with Crippen LogP contribution < -0.4 is 11.3 Å². The summed E-state index contributed by atoms with van der Waals surface area (Å²) in [5.74, 6) is 0.0777. The third-order valence-electron chi connectivity index (χ3n) is 4.94. The molecule has 158 valence electrons. The molecule has 0 saturated heterocycles. The van der Waals surface area contributed by atoms with Crippen molar-refractivity contribution in [1.82, 2.24) is 14.3 Å². The van der Waals surface area contributed by atoms with Gasteiger partial charge in [0.1, 0.15) is 0 Å². The maximum absolute atomic E-state index is 13.3. The van der Waals surface area contributed by atoms with E-state index in [1.54, 1.807) is 31.2 Å². The second-order valence-electron chi connectivity index (χ2n) is 7.26. The number of benzene rings is 2. The zero-order chi connectivity index (χ0) is 21.7. The highest BCUT2D eigenvalue weighted by Gasteiger charge is 2.24. The predicted octanol–water partition coefficient (Wildman–Crippen LogP) is 2.79. The van der Waals surface area contributed by atoms with Crippen molar-refractivity contribution in [1.29, 1.82) is 0 Å². The number of hydrogen-bond acceptors (Lipinski definition) is 5. The van der Waals surface area contributed by atoms with Gasteiger partial charge in [-0.05, 0) is 44.4 Å². The molecular weight excluding hydrogens is 400 g/mol. The number of H-pyrrole nitrogens is 1. The second-order valence-corrected chi connectivity index (χ2v) is 9.19. The average Bonchev–Trinajstić information content (AvgIpc) is 2.70. The van der Waals surface area contributed by atoms with Crippen LogP contribution in [0.4, 0.5) is 5.95 Å². The number of nitrogens with zero attached hydrogens (tertiary/aromatic N) is 2. The SMILES string of the molecule is Cc1ccc(S(=O)(=O)N(CCCc2c(C)nc(N)[nH]c2=O)Cc2ccccc2)cc1. The third-order valence-corrected chi connectivity index (χ3v) is 6.79. The van der Waals surface area contributed by atoms with Gasteiger partial charge in [0.2, 0.25) is 16.0 Å². The fourth-order valence-corrected chi connectivity index (χ4v) is 4.76. The van der Waals surface area contributed by atoms with Gasteiger partial charge in [0, 0.05) is 24.3 Å². The fraction of sp³-hybridized carbons (Fsp3) is 0.273. The van der Waals surface area contributed by atoms with Crippen molar-refractivity contribution in [3.63, 3.8) is 0 Å². The second kappa shape index (κ2) is 9.23. The number of nitrogen functional groups attached to an aromatic ring is 1. The minimum atomic E-state index is -3.69. The van der Waals surface area contributed by atoms with Crippen molar-refractivity contribution >= 4 is 16.0 Å². The van der Waals surface area contributed by atoms with Crippen LogP contribution in [0.1, 0.15) is 28.8 Å². The van der Waals surface area contributed by atoms with Crippen molar-refractivity contribution in [2.24, 2.45) is 0 Å². The van der Waals surface area contributed by atoms with E-state index in [0.717, 1.165) is 11.1 Å². The molecule has 7 nitrogen and oxygen atoms in total. The van der Waals surface area contributed by atoms with E-state index in [0.29, 0.717) is 24.1 Å². The van der Waals surface area contributed by atoms with E-state index in [4.69, 9.17) is 5.73 Å². The molecule has 0 radical (unpaired) electrons. The van der Waals surface area contributed by atoms with Crippen molar-refractivity contribution in [3.05, 3.63) is 87.3 Å². The first-order valence-corrected chi connectivity index (χ1v) is 11.2. The van der Waals surface area contributed by atoms with Gasteiger partial charge in [-0.1, -0.05) is 48.0 Å². The van der Waals surface area contributed by atoms with Gasteiger partial charge in [-0.25, -0.2) is 13.4 Å². The Hall–Kier alpha value is -2.97. The van der Waals surface area contributed by atoms with Crippen molar-refractivity contribution in [2.75, 3.05) is 12.3 Å². The first-order chi connectivity index (χ1) is 14.3. The molecule has 0 amide bonds. The van der Waals surface area contributed by atoms with E-state index < -0.39 is 10.0 Å². The van der Waals surface area contributed by atoms with Gasteiger partial charge < -0.3 is 5.73 Å². The van der Waals surface area contributed by atoms with Crippen molar-refractivity contribution in [3.8, 4) is 0 Å². The molecular formula is C22H26N4O3S. The van der Waals surface area contributed by atoms with E-state index in [2.05, 4.69) is 9.97 Å². The number of hydrogen-bond donors (Lipinski definition) is 2. The van der Waals surface area contributed by atoms with Crippen LogP contribution in [-0.4, -0.2) is 29.2 Å². The van der Waals surface area contributed by atoms with Crippen LogP contribution in [0.15, 0.2) is 64.3 Å². The van der Waals surface area contributed by atoms with E-state index in [1.165, 1.54) is 4.31 Å². The topological polar surface area (TPSA) is 109 Å². The largest absolute Gasteiger partial charge is 0.369 e. The molecule has 3 aromatic rings. The molecule has 0 unspecified atom stereocenters. The molecule has 0 spiro atoms. The van der Waals surface area contributed by atoms with E-state index in [9.17, 15) is 13.2 Å². The van der Waals surface area contributed by atoms with Crippen LogP contribution in [-0.2, 0) is 23.0 Å². The Morgan fingerprint density at radius 3 is 2.33 bits per heavy atom. The summed E-state index contributed by atoms with van der Waals surface area (Å²) in [6.07, 6.45) is 0.886. The predicted molar refractivity (Wildman–Crippen MR) is 118 cm³/mol. The molecule has 0 atom stereocenters. The first kappa shape index (κ1) is 21.7. The summed E-state index contributed by atoms with van der Waals surface area (Å²) in [5.41, 5.74) is 8.27. The maximum atomic E-state index is 13.3. The molecule has 0 fully saturated rings. The highest BCUT2D eigenvalue weighted by atomic mass is 32.2. The molecule has 0 aliphatic heterocycles. The van der Waals surface area contributed by atoms with E-state index >= 15 is 0 Å². The van der Waals surface area contributed by atoms with E-state index in [1.807, 2.05) is 37.3 Å². The standard InChI is InChI=1S/C22H26N4O3S/c1-16-10-12-19(13-11-16)30(28,29)26(15-18-7-4-3-5-8-18)14-6-9-20-17(2)24-22(23)25-21(20)27/h3-5,7-8,10-13H,6,9,14-15H2,1-2H3,(H3,23,24,25,27). The highest BCUT2D eigenvalue weighted by Crippen LogP contribution is 2.20. The monoisotopic (exact) mass is 426 g/mol. The number of nitrogens with two attached hydrogens (primary N) is 1. The molecule has 0 saturated carbocycles.